The predicted molar refractivity (Wildman–Crippen MR) is 71.1 cm³/mol. The molecular formula is C13H22N4O. The fourth-order valence-corrected chi connectivity index (χ4v) is 2.40. The van der Waals surface area contributed by atoms with Crippen molar-refractivity contribution in [3.05, 3.63) is 11.9 Å². The number of anilines is 1. The Bertz CT molecular complexity index is 411. The van der Waals surface area contributed by atoms with Crippen LogP contribution in [-0.2, 0) is 4.79 Å². The molecule has 1 aromatic heterocycles. The van der Waals surface area contributed by atoms with Crippen LogP contribution in [0.5, 0.6) is 0 Å². The second kappa shape index (κ2) is 5.00. The van der Waals surface area contributed by atoms with Gasteiger partial charge in [-0.1, -0.05) is 13.8 Å². The van der Waals surface area contributed by atoms with E-state index >= 15 is 0 Å². The zero-order chi connectivity index (χ0) is 13.3. The zero-order valence-corrected chi connectivity index (χ0v) is 11.4. The molecule has 1 amide bonds. The molecule has 0 radical (unpaired) electrons. The summed E-state index contributed by atoms with van der Waals surface area (Å²) in [6, 6.07) is 0.372. The van der Waals surface area contributed by atoms with Crippen molar-refractivity contribution in [2.45, 2.75) is 39.7 Å². The average Bonchev–Trinajstić information content (AvgIpc) is 2.69. The fourth-order valence-electron chi connectivity index (χ4n) is 2.40. The molecule has 0 bridgehead atoms. The number of hydrogen-bond donors (Lipinski definition) is 1. The summed E-state index contributed by atoms with van der Waals surface area (Å²) in [6.45, 7) is 7.46. The second-order valence-electron chi connectivity index (χ2n) is 5.36. The Labute approximate surface area is 108 Å². The van der Waals surface area contributed by atoms with Crippen molar-refractivity contribution in [3.63, 3.8) is 0 Å². The number of aryl methyl sites for hydroxylation is 1. The minimum absolute atomic E-state index is 0.0872. The van der Waals surface area contributed by atoms with E-state index in [9.17, 15) is 4.79 Å². The lowest BCUT2D eigenvalue weighted by Crippen LogP contribution is -2.41. The van der Waals surface area contributed by atoms with E-state index in [0.29, 0.717) is 6.04 Å². The van der Waals surface area contributed by atoms with Gasteiger partial charge in [-0.3, -0.25) is 9.48 Å². The highest BCUT2D eigenvalue weighted by molar-refractivity contribution is 5.78. The summed E-state index contributed by atoms with van der Waals surface area (Å²) in [7, 11) is 0. The largest absolute Gasteiger partial charge is 0.396 e. The maximum Gasteiger partial charge on any atom is 0.225 e. The van der Waals surface area contributed by atoms with Gasteiger partial charge in [0.15, 0.2) is 0 Å². The summed E-state index contributed by atoms with van der Waals surface area (Å²) >= 11 is 0. The van der Waals surface area contributed by atoms with Gasteiger partial charge >= 0.3 is 0 Å². The van der Waals surface area contributed by atoms with Gasteiger partial charge in [0, 0.05) is 25.2 Å². The summed E-state index contributed by atoms with van der Waals surface area (Å²) in [5, 5.41) is 4.43. The van der Waals surface area contributed by atoms with Crippen LogP contribution in [-0.4, -0.2) is 33.7 Å². The number of nitrogens with zero attached hydrogens (tertiary/aromatic N) is 3. The third kappa shape index (κ3) is 2.49. The highest BCUT2D eigenvalue weighted by atomic mass is 16.2. The van der Waals surface area contributed by atoms with Crippen molar-refractivity contribution in [2.24, 2.45) is 5.92 Å². The quantitative estimate of drug-likeness (QED) is 0.867. The van der Waals surface area contributed by atoms with E-state index in [0.717, 1.165) is 37.3 Å². The van der Waals surface area contributed by atoms with Gasteiger partial charge in [-0.25, -0.2) is 0 Å². The van der Waals surface area contributed by atoms with Crippen molar-refractivity contribution in [1.82, 2.24) is 14.7 Å². The number of carbonyl (C=O) groups excluding carboxylic acids is 1. The second-order valence-corrected chi connectivity index (χ2v) is 5.36. The maximum absolute atomic E-state index is 11.9. The first-order valence-corrected chi connectivity index (χ1v) is 6.59. The highest BCUT2D eigenvalue weighted by Crippen LogP contribution is 2.24. The molecule has 1 aliphatic heterocycles. The van der Waals surface area contributed by atoms with Crippen LogP contribution in [0.3, 0.4) is 0 Å². The molecule has 1 saturated heterocycles. The molecule has 0 saturated carbocycles. The minimum atomic E-state index is 0.0872. The van der Waals surface area contributed by atoms with E-state index in [1.54, 1.807) is 0 Å². The molecule has 18 heavy (non-hydrogen) atoms. The maximum atomic E-state index is 11.9. The molecule has 1 aromatic rings. The van der Waals surface area contributed by atoms with Gasteiger partial charge in [0.25, 0.3) is 0 Å². The van der Waals surface area contributed by atoms with Crippen LogP contribution >= 0.6 is 0 Å². The number of piperidine rings is 1. The summed E-state index contributed by atoms with van der Waals surface area (Å²) in [5.41, 5.74) is 7.45. The molecule has 0 spiro atoms. The summed E-state index contributed by atoms with van der Waals surface area (Å²) in [4.78, 5) is 13.8. The van der Waals surface area contributed by atoms with Crippen molar-refractivity contribution in [3.8, 4) is 0 Å². The number of aromatic nitrogens is 2. The number of hydrogen-bond acceptors (Lipinski definition) is 3. The van der Waals surface area contributed by atoms with E-state index in [1.165, 1.54) is 0 Å². The fraction of sp³-hybridized carbons (Fsp3) is 0.692. The van der Waals surface area contributed by atoms with Gasteiger partial charge in [0.2, 0.25) is 5.91 Å². The number of nitrogen functional groups attached to an aromatic ring is 1. The zero-order valence-electron chi connectivity index (χ0n) is 11.4. The third-order valence-electron chi connectivity index (χ3n) is 3.60. The molecule has 2 rings (SSSR count). The normalized spacial score (nSPS) is 17.4. The molecule has 5 nitrogen and oxygen atoms in total. The summed E-state index contributed by atoms with van der Waals surface area (Å²) < 4.78 is 1.96. The Morgan fingerprint density at radius 3 is 2.50 bits per heavy atom. The standard InChI is InChI=1S/C13H22N4O/c1-9(2)13(18)16-6-4-11(5-7-16)17-8-12(14)10(3)15-17/h8-9,11H,4-7,14H2,1-3H3. The molecule has 100 valence electrons. The topological polar surface area (TPSA) is 64.2 Å². The molecule has 0 atom stereocenters. The number of rotatable bonds is 2. The van der Waals surface area contributed by atoms with Crippen LogP contribution < -0.4 is 5.73 Å². The van der Waals surface area contributed by atoms with Gasteiger partial charge in [-0.15, -0.1) is 0 Å². The molecule has 5 heteroatoms. The smallest absolute Gasteiger partial charge is 0.225 e. The first-order chi connectivity index (χ1) is 8.49. The molecule has 2 heterocycles. The van der Waals surface area contributed by atoms with Crippen LogP contribution in [0.1, 0.15) is 38.4 Å². The van der Waals surface area contributed by atoms with Gasteiger partial charge in [0.1, 0.15) is 0 Å². The molecule has 1 aliphatic rings. The first-order valence-electron chi connectivity index (χ1n) is 6.59. The van der Waals surface area contributed by atoms with Crippen molar-refractivity contribution >= 4 is 11.6 Å². The van der Waals surface area contributed by atoms with Crippen LogP contribution in [0.2, 0.25) is 0 Å². The number of carbonyl (C=O) groups is 1. The molecule has 0 aromatic carbocycles. The van der Waals surface area contributed by atoms with Crippen molar-refractivity contribution in [2.75, 3.05) is 18.8 Å². The Morgan fingerprint density at radius 2 is 2.06 bits per heavy atom. The van der Waals surface area contributed by atoms with Crippen molar-refractivity contribution < 1.29 is 4.79 Å². The molecular weight excluding hydrogens is 228 g/mol. The van der Waals surface area contributed by atoms with E-state index < -0.39 is 0 Å². The monoisotopic (exact) mass is 250 g/mol. The predicted octanol–water partition coefficient (Wildman–Crippen LogP) is 1.59. The number of nitrogens with two attached hydrogens (primary N) is 1. The van der Waals surface area contributed by atoms with E-state index in [2.05, 4.69) is 5.10 Å². The lowest BCUT2D eigenvalue weighted by molar-refractivity contribution is -0.135. The summed E-state index contributed by atoms with van der Waals surface area (Å²) in [6.07, 6.45) is 3.82. The van der Waals surface area contributed by atoms with Gasteiger partial charge in [0.05, 0.1) is 17.4 Å². The van der Waals surface area contributed by atoms with Gasteiger partial charge in [-0.05, 0) is 19.8 Å². The Kier molecular flexibility index (Phi) is 3.59. The lowest BCUT2D eigenvalue weighted by atomic mass is 10.0. The first kappa shape index (κ1) is 12.9. The average molecular weight is 250 g/mol. The van der Waals surface area contributed by atoms with Crippen LogP contribution in [0.4, 0.5) is 5.69 Å². The Morgan fingerprint density at radius 1 is 1.44 bits per heavy atom. The number of amides is 1. The SMILES string of the molecule is Cc1nn(C2CCN(C(=O)C(C)C)CC2)cc1N. The Hall–Kier alpha value is -1.52. The van der Waals surface area contributed by atoms with Crippen LogP contribution in [0, 0.1) is 12.8 Å². The summed E-state index contributed by atoms with van der Waals surface area (Å²) in [5.74, 6) is 0.341. The van der Waals surface area contributed by atoms with Crippen molar-refractivity contribution in [1.29, 1.82) is 0 Å². The van der Waals surface area contributed by atoms with Crippen LogP contribution in [0.15, 0.2) is 6.20 Å². The van der Waals surface area contributed by atoms with E-state index in [-0.39, 0.29) is 11.8 Å². The molecule has 1 fully saturated rings. The lowest BCUT2D eigenvalue weighted by Gasteiger charge is -2.33. The highest BCUT2D eigenvalue weighted by Gasteiger charge is 2.25. The van der Waals surface area contributed by atoms with E-state index in [4.69, 9.17) is 5.73 Å². The molecule has 0 aliphatic carbocycles. The van der Waals surface area contributed by atoms with Gasteiger partial charge in [-0.2, -0.15) is 5.10 Å². The Balaban J connectivity index is 1.96. The molecule has 2 N–H and O–H groups in total. The number of likely N-dealkylation sites (tertiary alicyclic amines) is 1. The minimum Gasteiger partial charge on any atom is -0.396 e. The van der Waals surface area contributed by atoms with Crippen LogP contribution in [0.25, 0.3) is 0 Å². The molecule has 0 unspecified atom stereocenters. The van der Waals surface area contributed by atoms with Gasteiger partial charge < -0.3 is 10.6 Å². The third-order valence-corrected chi connectivity index (χ3v) is 3.60. The van der Waals surface area contributed by atoms with E-state index in [1.807, 2.05) is 36.5 Å².